The number of rotatable bonds is 6. The summed E-state index contributed by atoms with van der Waals surface area (Å²) in [5, 5.41) is 0. The molecule has 2 aliphatic rings. The zero-order valence-electron chi connectivity index (χ0n) is 14.4. The van der Waals surface area contributed by atoms with Crippen LogP contribution in [0.15, 0.2) is 0 Å². The SMILES string of the molecule is CCCCCC([N+]1(C)CCCCC1)[N+]1(C)CCCCC1. The third-order valence-corrected chi connectivity index (χ3v) is 6.18. The lowest BCUT2D eigenvalue weighted by molar-refractivity contribution is -1.12. The summed E-state index contributed by atoms with van der Waals surface area (Å²) in [6, 6.07) is 0. The lowest BCUT2D eigenvalue weighted by Gasteiger charge is -2.53. The molecule has 2 saturated heterocycles. The maximum absolute atomic E-state index is 2.58. The predicted octanol–water partition coefficient (Wildman–Crippen LogP) is 4.15. The van der Waals surface area contributed by atoms with Crippen molar-refractivity contribution in [3.05, 3.63) is 0 Å². The maximum atomic E-state index is 2.58. The Hall–Kier alpha value is -0.0800. The molecule has 2 fully saturated rings. The van der Waals surface area contributed by atoms with Gasteiger partial charge in [-0.3, -0.25) is 8.97 Å². The highest BCUT2D eigenvalue weighted by Crippen LogP contribution is 2.32. The molecule has 0 unspecified atom stereocenters. The minimum absolute atomic E-state index is 0.877. The van der Waals surface area contributed by atoms with Crippen molar-refractivity contribution in [1.29, 1.82) is 0 Å². The summed E-state index contributed by atoms with van der Waals surface area (Å²) in [4.78, 5) is 0. The van der Waals surface area contributed by atoms with Crippen molar-refractivity contribution in [2.45, 2.75) is 77.3 Å². The molecule has 2 heteroatoms. The number of quaternary nitrogens is 2. The van der Waals surface area contributed by atoms with Gasteiger partial charge < -0.3 is 0 Å². The molecule has 2 heterocycles. The van der Waals surface area contributed by atoms with Crippen LogP contribution in [-0.4, -0.2) is 55.4 Å². The zero-order valence-corrected chi connectivity index (χ0v) is 14.4. The third-order valence-electron chi connectivity index (χ3n) is 6.18. The number of piperidine rings is 2. The van der Waals surface area contributed by atoms with E-state index in [2.05, 4.69) is 21.0 Å². The summed E-state index contributed by atoms with van der Waals surface area (Å²) < 4.78 is 2.75. The van der Waals surface area contributed by atoms with Crippen LogP contribution in [-0.2, 0) is 0 Å². The van der Waals surface area contributed by atoms with Gasteiger partial charge in [0.2, 0.25) is 6.17 Å². The lowest BCUT2D eigenvalue weighted by Crippen LogP contribution is -2.69. The molecule has 0 atom stereocenters. The zero-order chi connectivity index (χ0) is 14.5. The molecule has 0 aromatic carbocycles. The smallest absolute Gasteiger partial charge is 0.216 e. The van der Waals surface area contributed by atoms with Gasteiger partial charge in [-0.1, -0.05) is 19.8 Å². The summed E-state index contributed by atoms with van der Waals surface area (Å²) in [6.45, 7) is 8.08. The third kappa shape index (κ3) is 3.76. The topological polar surface area (TPSA) is 0 Å². The van der Waals surface area contributed by atoms with E-state index < -0.39 is 0 Å². The molecule has 0 saturated carbocycles. The van der Waals surface area contributed by atoms with Gasteiger partial charge in [0.25, 0.3) is 0 Å². The standard InChI is InChI=1S/C18H38N2/c1-4-5-8-13-18(19(2)14-9-6-10-15-19)20(3)16-11-7-12-17-20/h18H,4-17H2,1-3H3/q+2. The van der Waals surface area contributed by atoms with E-state index in [-0.39, 0.29) is 0 Å². The highest BCUT2D eigenvalue weighted by molar-refractivity contribution is 4.61. The van der Waals surface area contributed by atoms with E-state index in [1.165, 1.54) is 99.4 Å². The first-order valence-corrected chi connectivity index (χ1v) is 9.29. The van der Waals surface area contributed by atoms with Gasteiger partial charge in [-0.25, -0.2) is 0 Å². The summed E-state index contributed by atoms with van der Waals surface area (Å²) in [5.41, 5.74) is 0. The minimum Gasteiger partial charge on any atom is -0.277 e. The van der Waals surface area contributed by atoms with E-state index >= 15 is 0 Å². The van der Waals surface area contributed by atoms with Gasteiger partial charge in [0.15, 0.2) is 0 Å². The summed E-state index contributed by atoms with van der Waals surface area (Å²) in [5.74, 6) is 0. The fourth-order valence-electron chi connectivity index (χ4n) is 4.94. The quantitative estimate of drug-likeness (QED) is 0.507. The van der Waals surface area contributed by atoms with Crippen molar-refractivity contribution >= 4 is 0 Å². The van der Waals surface area contributed by atoms with Crippen LogP contribution in [0.1, 0.15) is 71.1 Å². The average molecular weight is 283 g/mol. The van der Waals surface area contributed by atoms with Crippen molar-refractivity contribution in [2.75, 3.05) is 40.3 Å². The second kappa shape index (κ2) is 7.26. The monoisotopic (exact) mass is 282 g/mol. The van der Waals surface area contributed by atoms with Crippen molar-refractivity contribution < 1.29 is 8.97 Å². The van der Waals surface area contributed by atoms with Crippen LogP contribution in [0.25, 0.3) is 0 Å². The molecule has 2 nitrogen and oxygen atoms in total. The van der Waals surface area contributed by atoms with Crippen LogP contribution < -0.4 is 0 Å². The molecular weight excluding hydrogens is 244 g/mol. The molecule has 118 valence electrons. The second-order valence-corrected chi connectivity index (χ2v) is 7.95. The van der Waals surface area contributed by atoms with Gasteiger partial charge in [-0.05, 0) is 44.9 Å². The molecule has 20 heavy (non-hydrogen) atoms. The van der Waals surface area contributed by atoms with Gasteiger partial charge in [-0.2, -0.15) is 0 Å². The van der Waals surface area contributed by atoms with Crippen LogP contribution >= 0.6 is 0 Å². The molecule has 0 aliphatic carbocycles. The first-order chi connectivity index (χ1) is 9.61. The largest absolute Gasteiger partial charge is 0.277 e. The molecule has 2 aliphatic heterocycles. The van der Waals surface area contributed by atoms with Crippen molar-refractivity contribution in [3.63, 3.8) is 0 Å². The highest BCUT2D eigenvalue weighted by Gasteiger charge is 2.46. The van der Waals surface area contributed by atoms with Crippen molar-refractivity contribution in [3.8, 4) is 0 Å². The van der Waals surface area contributed by atoms with Crippen LogP contribution in [0, 0.1) is 0 Å². The number of unbranched alkanes of at least 4 members (excludes halogenated alkanes) is 2. The average Bonchev–Trinajstić information content (AvgIpc) is 2.45. The maximum Gasteiger partial charge on any atom is 0.216 e. The van der Waals surface area contributed by atoms with Crippen LogP contribution in [0.2, 0.25) is 0 Å². The fraction of sp³-hybridized carbons (Fsp3) is 1.00. The molecular formula is C18H38N2+2. The van der Waals surface area contributed by atoms with E-state index in [1.807, 2.05) is 0 Å². The molecule has 0 spiro atoms. The fourth-order valence-corrected chi connectivity index (χ4v) is 4.94. The molecule has 0 radical (unpaired) electrons. The number of hydrogen-bond acceptors (Lipinski definition) is 0. The van der Waals surface area contributed by atoms with E-state index in [4.69, 9.17) is 0 Å². The van der Waals surface area contributed by atoms with E-state index in [1.54, 1.807) is 0 Å². The van der Waals surface area contributed by atoms with E-state index in [0.717, 1.165) is 6.17 Å². The Kier molecular flexibility index (Phi) is 5.92. The Labute approximate surface area is 127 Å². The summed E-state index contributed by atoms with van der Waals surface area (Å²) in [6.07, 6.45) is 15.4. The van der Waals surface area contributed by atoms with Crippen molar-refractivity contribution in [1.82, 2.24) is 0 Å². The molecule has 2 rings (SSSR count). The van der Waals surface area contributed by atoms with E-state index in [9.17, 15) is 0 Å². The van der Waals surface area contributed by atoms with Gasteiger partial charge in [0.05, 0.1) is 46.7 Å². The Balaban J connectivity index is 2.10. The molecule has 0 aromatic rings. The molecule has 0 bridgehead atoms. The van der Waals surface area contributed by atoms with E-state index in [0.29, 0.717) is 0 Å². The Morgan fingerprint density at radius 3 is 1.55 bits per heavy atom. The second-order valence-electron chi connectivity index (χ2n) is 7.95. The summed E-state index contributed by atoms with van der Waals surface area (Å²) in [7, 11) is 5.15. The normalized spacial score (nSPS) is 25.8. The van der Waals surface area contributed by atoms with Gasteiger partial charge in [0.1, 0.15) is 0 Å². The Morgan fingerprint density at radius 1 is 0.700 bits per heavy atom. The Morgan fingerprint density at radius 2 is 1.15 bits per heavy atom. The van der Waals surface area contributed by atoms with Crippen LogP contribution in [0.4, 0.5) is 0 Å². The van der Waals surface area contributed by atoms with Crippen LogP contribution in [0.5, 0.6) is 0 Å². The minimum atomic E-state index is 0.877. The number of nitrogens with zero attached hydrogens (tertiary/aromatic N) is 2. The van der Waals surface area contributed by atoms with Crippen molar-refractivity contribution in [2.24, 2.45) is 0 Å². The van der Waals surface area contributed by atoms with Gasteiger partial charge >= 0.3 is 0 Å². The first-order valence-electron chi connectivity index (χ1n) is 9.29. The number of hydrogen-bond donors (Lipinski definition) is 0. The predicted molar refractivity (Wildman–Crippen MR) is 87.5 cm³/mol. The van der Waals surface area contributed by atoms with Gasteiger partial charge in [0, 0.05) is 0 Å². The molecule has 0 N–H and O–H groups in total. The molecule has 0 aromatic heterocycles. The molecule has 0 amide bonds. The van der Waals surface area contributed by atoms with Crippen LogP contribution in [0.3, 0.4) is 0 Å². The summed E-state index contributed by atoms with van der Waals surface area (Å²) >= 11 is 0. The highest BCUT2D eigenvalue weighted by atomic mass is 15.5. The number of likely N-dealkylation sites (tertiary alicyclic amines) is 2. The van der Waals surface area contributed by atoms with Gasteiger partial charge in [-0.15, -0.1) is 0 Å². The Bertz CT molecular complexity index is 251. The first kappa shape index (κ1) is 16.3. The lowest BCUT2D eigenvalue weighted by atomic mass is 9.99.